The minimum atomic E-state index is -0.646. The summed E-state index contributed by atoms with van der Waals surface area (Å²) in [6.45, 7) is 6.75. The quantitative estimate of drug-likeness (QED) is 0.693. The molecule has 1 rings (SSSR count). The fourth-order valence-electron chi connectivity index (χ4n) is 1.45. The summed E-state index contributed by atoms with van der Waals surface area (Å²) in [7, 11) is 0. The number of hydrogen-bond donors (Lipinski definition) is 2. The normalized spacial score (nSPS) is 27.7. The summed E-state index contributed by atoms with van der Waals surface area (Å²) in [5, 5.41) is 2.90. The van der Waals surface area contributed by atoms with Crippen LogP contribution in [0.3, 0.4) is 0 Å². The monoisotopic (exact) mass is 200 g/mol. The molecule has 0 aromatic rings. The lowest BCUT2D eigenvalue weighted by molar-refractivity contribution is -0.141. The number of ether oxygens (including phenoxy) is 1. The largest absolute Gasteiger partial charge is 0.365 e. The molecular formula is C10H20N2O2. The lowest BCUT2D eigenvalue weighted by atomic mass is 9.98. The number of amides is 1. The number of carbonyl (C=O) groups excluding carboxylic acids is 1. The first-order valence-corrected chi connectivity index (χ1v) is 5.06. The molecule has 0 aromatic heterocycles. The lowest BCUT2D eigenvalue weighted by Crippen LogP contribution is -2.55. The average Bonchev–Trinajstić information content (AvgIpc) is 2.53. The number of nitrogens with two attached hydrogens (primary N) is 1. The maximum Gasteiger partial charge on any atom is 0.252 e. The van der Waals surface area contributed by atoms with Crippen molar-refractivity contribution in [1.29, 1.82) is 0 Å². The Balaban J connectivity index is 2.57. The molecule has 1 aliphatic rings. The Morgan fingerprint density at radius 3 is 2.71 bits per heavy atom. The summed E-state index contributed by atoms with van der Waals surface area (Å²) in [4.78, 5) is 11.8. The molecule has 0 radical (unpaired) electrons. The zero-order valence-corrected chi connectivity index (χ0v) is 9.22. The van der Waals surface area contributed by atoms with Crippen LogP contribution in [-0.4, -0.2) is 30.2 Å². The predicted octanol–water partition coefficient (Wildman–Crippen LogP) is 0.409. The van der Waals surface area contributed by atoms with Crippen LogP contribution in [0.2, 0.25) is 0 Å². The number of rotatable bonds is 3. The Morgan fingerprint density at radius 1 is 1.64 bits per heavy atom. The van der Waals surface area contributed by atoms with Gasteiger partial charge in [-0.25, -0.2) is 0 Å². The summed E-state index contributed by atoms with van der Waals surface area (Å²) < 4.78 is 5.44. The van der Waals surface area contributed by atoms with E-state index in [0.29, 0.717) is 13.2 Å². The van der Waals surface area contributed by atoms with Gasteiger partial charge < -0.3 is 15.8 Å². The van der Waals surface area contributed by atoms with Crippen LogP contribution >= 0.6 is 0 Å². The molecule has 1 amide bonds. The number of carbonyl (C=O) groups is 1. The van der Waals surface area contributed by atoms with Crippen LogP contribution in [0.25, 0.3) is 0 Å². The zero-order valence-electron chi connectivity index (χ0n) is 9.22. The number of hydrogen-bond acceptors (Lipinski definition) is 3. The first-order valence-electron chi connectivity index (χ1n) is 5.06. The molecular weight excluding hydrogens is 180 g/mol. The van der Waals surface area contributed by atoms with Crippen molar-refractivity contribution in [3.05, 3.63) is 0 Å². The standard InChI is InChI=1S/C10H20N2O2/c1-9(2,7-11)12-8(13)10(3)5-4-6-14-10/h4-7,11H2,1-3H3,(H,12,13). The molecule has 82 valence electrons. The van der Waals surface area contributed by atoms with Gasteiger partial charge in [0.15, 0.2) is 0 Å². The van der Waals surface area contributed by atoms with Crippen molar-refractivity contribution in [2.45, 2.75) is 44.8 Å². The third-order valence-electron chi connectivity index (χ3n) is 2.66. The Morgan fingerprint density at radius 2 is 2.29 bits per heavy atom. The molecule has 0 aliphatic carbocycles. The first-order chi connectivity index (χ1) is 6.40. The highest BCUT2D eigenvalue weighted by atomic mass is 16.5. The molecule has 1 fully saturated rings. The van der Waals surface area contributed by atoms with Crippen LogP contribution in [-0.2, 0) is 9.53 Å². The topological polar surface area (TPSA) is 64.3 Å². The molecule has 1 heterocycles. The molecule has 0 bridgehead atoms. The van der Waals surface area contributed by atoms with E-state index in [9.17, 15) is 4.79 Å². The van der Waals surface area contributed by atoms with E-state index in [1.54, 1.807) is 0 Å². The second-order valence-corrected chi connectivity index (χ2v) is 4.73. The molecule has 4 heteroatoms. The molecule has 1 saturated heterocycles. The van der Waals surface area contributed by atoms with Crippen molar-refractivity contribution < 1.29 is 9.53 Å². The summed E-state index contributed by atoms with van der Waals surface area (Å²) >= 11 is 0. The second kappa shape index (κ2) is 3.87. The van der Waals surface area contributed by atoms with Crippen LogP contribution in [0.5, 0.6) is 0 Å². The van der Waals surface area contributed by atoms with Gasteiger partial charge in [-0.05, 0) is 33.6 Å². The van der Waals surface area contributed by atoms with Crippen LogP contribution in [0.1, 0.15) is 33.6 Å². The fraction of sp³-hybridized carbons (Fsp3) is 0.900. The Hall–Kier alpha value is -0.610. The predicted molar refractivity (Wildman–Crippen MR) is 54.9 cm³/mol. The van der Waals surface area contributed by atoms with E-state index in [1.165, 1.54) is 0 Å². The summed E-state index contributed by atoms with van der Waals surface area (Å²) in [6.07, 6.45) is 1.74. The van der Waals surface area contributed by atoms with E-state index >= 15 is 0 Å². The summed E-state index contributed by atoms with van der Waals surface area (Å²) in [6, 6.07) is 0. The second-order valence-electron chi connectivity index (χ2n) is 4.73. The highest BCUT2D eigenvalue weighted by Gasteiger charge is 2.39. The fourth-order valence-corrected chi connectivity index (χ4v) is 1.45. The third-order valence-corrected chi connectivity index (χ3v) is 2.66. The molecule has 14 heavy (non-hydrogen) atoms. The van der Waals surface area contributed by atoms with Crippen LogP contribution < -0.4 is 11.1 Å². The Labute approximate surface area is 85.2 Å². The van der Waals surface area contributed by atoms with Gasteiger partial charge in [0.05, 0.1) is 0 Å². The van der Waals surface area contributed by atoms with Gasteiger partial charge in [0, 0.05) is 18.7 Å². The molecule has 1 aliphatic heterocycles. The van der Waals surface area contributed by atoms with Gasteiger partial charge in [0.2, 0.25) is 0 Å². The van der Waals surface area contributed by atoms with E-state index in [-0.39, 0.29) is 11.4 Å². The van der Waals surface area contributed by atoms with E-state index in [0.717, 1.165) is 12.8 Å². The maximum atomic E-state index is 11.8. The van der Waals surface area contributed by atoms with Crippen molar-refractivity contribution >= 4 is 5.91 Å². The molecule has 3 N–H and O–H groups in total. The first kappa shape index (κ1) is 11.5. The summed E-state index contributed by atoms with van der Waals surface area (Å²) in [5.41, 5.74) is 4.54. The molecule has 0 aromatic carbocycles. The van der Waals surface area contributed by atoms with E-state index in [4.69, 9.17) is 10.5 Å². The maximum absolute atomic E-state index is 11.8. The van der Waals surface area contributed by atoms with Gasteiger partial charge in [-0.3, -0.25) is 4.79 Å². The molecule has 0 saturated carbocycles. The van der Waals surface area contributed by atoms with E-state index < -0.39 is 5.60 Å². The van der Waals surface area contributed by atoms with Crippen LogP contribution in [0.4, 0.5) is 0 Å². The van der Waals surface area contributed by atoms with Crippen LogP contribution in [0.15, 0.2) is 0 Å². The van der Waals surface area contributed by atoms with Crippen molar-refractivity contribution in [2.24, 2.45) is 5.73 Å². The Kier molecular flexibility index (Phi) is 3.17. The minimum absolute atomic E-state index is 0.0505. The highest BCUT2D eigenvalue weighted by molar-refractivity contribution is 5.85. The summed E-state index contributed by atoms with van der Waals surface area (Å²) in [5.74, 6) is -0.0505. The highest BCUT2D eigenvalue weighted by Crippen LogP contribution is 2.25. The SMILES string of the molecule is CC(C)(CN)NC(=O)C1(C)CCCO1. The lowest BCUT2D eigenvalue weighted by Gasteiger charge is -2.30. The molecule has 0 spiro atoms. The van der Waals surface area contributed by atoms with Crippen molar-refractivity contribution in [2.75, 3.05) is 13.2 Å². The number of nitrogens with one attached hydrogen (secondary N) is 1. The Bertz CT molecular complexity index is 220. The van der Waals surface area contributed by atoms with Crippen molar-refractivity contribution in [3.8, 4) is 0 Å². The van der Waals surface area contributed by atoms with Gasteiger partial charge >= 0.3 is 0 Å². The molecule has 1 atom stereocenters. The van der Waals surface area contributed by atoms with Crippen molar-refractivity contribution in [1.82, 2.24) is 5.32 Å². The van der Waals surface area contributed by atoms with Gasteiger partial charge in [0.1, 0.15) is 5.60 Å². The third kappa shape index (κ3) is 2.45. The average molecular weight is 200 g/mol. The van der Waals surface area contributed by atoms with Gasteiger partial charge in [-0.1, -0.05) is 0 Å². The smallest absolute Gasteiger partial charge is 0.252 e. The van der Waals surface area contributed by atoms with Gasteiger partial charge in [-0.2, -0.15) is 0 Å². The molecule has 4 nitrogen and oxygen atoms in total. The van der Waals surface area contributed by atoms with E-state index in [2.05, 4.69) is 5.32 Å². The van der Waals surface area contributed by atoms with Crippen LogP contribution in [0, 0.1) is 0 Å². The van der Waals surface area contributed by atoms with E-state index in [1.807, 2.05) is 20.8 Å². The van der Waals surface area contributed by atoms with Gasteiger partial charge in [-0.15, -0.1) is 0 Å². The molecule has 1 unspecified atom stereocenters. The minimum Gasteiger partial charge on any atom is -0.365 e. The van der Waals surface area contributed by atoms with Crippen molar-refractivity contribution in [3.63, 3.8) is 0 Å². The van der Waals surface area contributed by atoms with Gasteiger partial charge in [0.25, 0.3) is 5.91 Å². The zero-order chi connectivity index (χ0) is 10.8.